The van der Waals surface area contributed by atoms with E-state index in [0.717, 1.165) is 0 Å². The second kappa shape index (κ2) is 7.11. The quantitative estimate of drug-likeness (QED) is 0.591. The van der Waals surface area contributed by atoms with E-state index < -0.39 is 22.9 Å². The minimum absolute atomic E-state index is 0.0432. The van der Waals surface area contributed by atoms with Crippen molar-refractivity contribution in [3.8, 4) is 0 Å². The Balaban J connectivity index is 2.88. The molecule has 0 spiro atoms. The van der Waals surface area contributed by atoms with E-state index in [4.69, 9.17) is 16.3 Å². The highest BCUT2D eigenvalue weighted by Gasteiger charge is 2.22. The van der Waals surface area contributed by atoms with Crippen molar-refractivity contribution in [1.82, 2.24) is 0 Å². The molecule has 0 aliphatic heterocycles. The molecule has 0 bridgehead atoms. The van der Waals surface area contributed by atoms with Crippen LogP contribution in [0.4, 0.5) is 4.39 Å². The molecule has 0 aliphatic carbocycles. The van der Waals surface area contributed by atoms with Crippen LogP contribution < -0.4 is 0 Å². The van der Waals surface area contributed by atoms with Crippen molar-refractivity contribution in [3.05, 3.63) is 35.6 Å². The van der Waals surface area contributed by atoms with Gasteiger partial charge in [0.15, 0.2) is 0 Å². The Kier molecular flexibility index (Phi) is 5.78. The number of carbonyl (C=O) groups excluding carboxylic acids is 2. The maximum absolute atomic E-state index is 13.1. The average Bonchev–Trinajstić information content (AvgIpc) is 2.29. The second-order valence-corrected chi connectivity index (χ2v) is 4.17. The lowest BCUT2D eigenvalue weighted by molar-refractivity contribution is -0.145. The van der Waals surface area contributed by atoms with E-state index in [0.29, 0.717) is 5.56 Å². The molecule has 1 rings (SSSR count). The van der Waals surface area contributed by atoms with Crippen molar-refractivity contribution in [2.45, 2.75) is 25.7 Å². The number of ether oxygens (including phenoxy) is 1. The van der Waals surface area contributed by atoms with E-state index in [9.17, 15) is 14.0 Å². The molecule has 1 unspecified atom stereocenters. The summed E-state index contributed by atoms with van der Waals surface area (Å²) in [6.45, 7) is 1.92. The zero-order valence-electron chi connectivity index (χ0n) is 9.99. The summed E-state index contributed by atoms with van der Waals surface area (Å²) in [5.41, 5.74) is 0.492. The van der Waals surface area contributed by atoms with Gasteiger partial charge in [-0.2, -0.15) is 0 Å². The Bertz CT molecular complexity index is 434. The SMILES string of the molecule is CCOC(=O)C(CCC(=O)Cl)c1cccc(F)c1. The molecule has 0 fully saturated rings. The van der Waals surface area contributed by atoms with E-state index in [1.807, 2.05) is 0 Å². The third-order valence-corrected chi connectivity index (χ3v) is 2.64. The zero-order valence-corrected chi connectivity index (χ0v) is 10.7. The standard InChI is InChI=1S/C13H14ClFO3/c1-2-18-13(17)11(6-7-12(14)16)9-4-3-5-10(15)8-9/h3-5,8,11H,2,6-7H2,1H3. The number of benzene rings is 1. The number of hydrogen-bond acceptors (Lipinski definition) is 3. The van der Waals surface area contributed by atoms with Crippen molar-refractivity contribution < 1.29 is 18.7 Å². The fourth-order valence-electron chi connectivity index (χ4n) is 1.64. The summed E-state index contributed by atoms with van der Waals surface area (Å²) in [6, 6.07) is 5.70. The van der Waals surface area contributed by atoms with Crippen LogP contribution in [0.3, 0.4) is 0 Å². The Morgan fingerprint density at radius 3 is 2.72 bits per heavy atom. The van der Waals surface area contributed by atoms with Gasteiger partial charge in [-0.1, -0.05) is 12.1 Å². The predicted molar refractivity (Wildman–Crippen MR) is 65.9 cm³/mol. The van der Waals surface area contributed by atoms with Crippen LogP contribution in [0.2, 0.25) is 0 Å². The van der Waals surface area contributed by atoms with Gasteiger partial charge in [0.1, 0.15) is 5.82 Å². The highest BCUT2D eigenvalue weighted by atomic mass is 35.5. The summed E-state index contributed by atoms with van der Waals surface area (Å²) in [4.78, 5) is 22.5. The van der Waals surface area contributed by atoms with Crippen LogP contribution in [0.1, 0.15) is 31.2 Å². The highest BCUT2D eigenvalue weighted by Crippen LogP contribution is 2.24. The fourth-order valence-corrected chi connectivity index (χ4v) is 1.75. The molecule has 1 aromatic carbocycles. The summed E-state index contributed by atoms with van der Waals surface area (Å²) in [5.74, 6) is -1.57. The van der Waals surface area contributed by atoms with E-state index in [2.05, 4.69) is 0 Å². The minimum atomic E-state index is -0.664. The van der Waals surface area contributed by atoms with Gasteiger partial charge in [-0.25, -0.2) is 4.39 Å². The number of rotatable bonds is 6. The first-order valence-electron chi connectivity index (χ1n) is 5.65. The Morgan fingerprint density at radius 1 is 1.44 bits per heavy atom. The Morgan fingerprint density at radius 2 is 2.17 bits per heavy atom. The number of hydrogen-bond donors (Lipinski definition) is 0. The normalized spacial score (nSPS) is 11.9. The molecule has 0 amide bonds. The maximum atomic E-state index is 13.1. The molecule has 98 valence electrons. The van der Waals surface area contributed by atoms with Gasteiger partial charge in [0.25, 0.3) is 0 Å². The van der Waals surface area contributed by atoms with Crippen LogP contribution in [-0.4, -0.2) is 17.8 Å². The van der Waals surface area contributed by atoms with Gasteiger partial charge < -0.3 is 4.74 Å². The third kappa shape index (κ3) is 4.45. The monoisotopic (exact) mass is 272 g/mol. The van der Waals surface area contributed by atoms with Crippen LogP contribution in [0.15, 0.2) is 24.3 Å². The minimum Gasteiger partial charge on any atom is -0.466 e. The molecule has 0 aromatic heterocycles. The fraction of sp³-hybridized carbons (Fsp3) is 0.385. The lowest BCUT2D eigenvalue weighted by Crippen LogP contribution is -2.17. The molecule has 1 atom stereocenters. The van der Waals surface area contributed by atoms with Crippen molar-refractivity contribution >= 4 is 22.8 Å². The topological polar surface area (TPSA) is 43.4 Å². The van der Waals surface area contributed by atoms with Gasteiger partial charge in [-0.3, -0.25) is 9.59 Å². The molecule has 5 heteroatoms. The summed E-state index contributed by atoms with van der Waals surface area (Å²) in [5, 5.41) is -0.527. The van der Waals surface area contributed by atoms with E-state index in [1.54, 1.807) is 13.0 Å². The van der Waals surface area contributed by atoms with Crippen molar-refractivity contribution in [1.29, 1.82) is 0 Å². The van der Waals surface area contributed by atoms with Crippen LogP contribution in [0, 0.1) is 5.82 Å². The predicted octanol–water partition coefficient (Wildman–Crippen LogP) is 3.02. The first kappa shape index (κ1) is 14.6. The maximum Gasteiger partial charge on any atom is 0.313 e. The number of carbonyl (C=O) groups is 2. The van der Waals surface area contributed by atoms with Crippen LogP contribution >= 0.6 is 11.6 Å². The summed E-state index contributed by atoms with van der Waals surface area (Å²) in [7, 11) is 0. The van der Waals surface area contributed by atoms with E-state index in [-0.39, 0.29) is 19.4 Å². The van der Waals surface area contributed by atoms with E-state index in [1.165, 1.54) is 18.2 Å². The van der Waals surface area contributed by atoms with Crippen LogP contribution in [0.5, 0.6) is 0 Å². The molecule has 0 saturated heterocycles. The van der Waals surface area contributed by atoms with Gasteiger partial charge in [-0.05, 0) is 42.6 Å². The van der Waals surface area contributed by atoms with Crippen LogP contribution in [-0.2, 0) is 14.3 Å². The second-order valence-electron chi connectivity index (χ2n) is 3.75. The first-order chi connectivity index (χ1) is 8.54. The molecule has 0 saturated carbocycles. The first-order valence-corrected chi connectivity index (χ1v) is 6.02. The molecule has 0 aliphatic rings. The Labute approximate surface area is 110 Å². The molecular weight excluding hydrogens is 259 g/mol. The molecule has 3 nitrogen and oxygen atoms in total. The molecule has 18 heavy (non-hydrogen) atoms. The largest absolute Gasteiger partial charge is 0.466 e. The summed E-state index contributed by atoms with van der Waals surface area (Å²) < 4.78 is 18.0. The highest BCUT2D eigenvalue weighted by molar-refractivity contribution is 6.63. The van der Waals surface area contributed by atoms with E-state index >= 15 is 0 Å². The molecule has 0 radical (unpaired) electrons. The molecular formula is C13H14ClFO3. The summed E-state index contributed by atoms with van der Waals surface area (Å²) in [6.07, 6.45) is 0.256. The van der Waals surface area contributed by atoms with Gasteiger partial charge in [0.05, 0.1) is 12.5 Å². The average molecular weight is 273 g/mol. The molecule has 1 aromatic rings. The molecule has 0 N–H and O–H groups in total. The Hall–Kier alpha value is -1.42. The zero-order chi connectivity index (χ0) is 13.5. The van der Waals surface area contributed by atoms with Gasteiger partial charge in [0, 0.05) is 6.42 Å². The lowest BCUT2D eigenvalue weighted by atomic mass is 9.94. The smallest absolute Gasteiger partial charge is 0.313 e. The van der Waals surface area contributed by atoms with Crippen molar-refractivity contribution in [2.24, 2.45) is 0 Å². The number of esters is 1. The van der Waals surface area contributed by atoms with Gasteiger partial charge in [-0.15, -0.1) is 0 Å². The molecule has 0 heterocycles. The summed E-state index contributed by atoms with van der Waals surface area (Å²) >= 11 is 5.26. The van der Waals surface area contributed by atoms with Crippen LogP contribution in [0.25, 0.3) is 0 Å². The van der Waals surface area contributed by atoms with Gasteiger partial charge >= 0.3 is 5.97 Å². The van der Waals surface area contributed by atoms with Crippen molar-refractivity contribution in [3.63, 3.8) is 0 Å². The third-order valence-electron chi connectivity index (χ3n) is 2.45. The van der Waals surface area contributed by atoms with Crippen molar-refractivity contribution in [2.75, 3.05) is 6.61 Å². The number of halogens is 2. The lowest BCUT2D eigenvalue weighted by Gasteiger charge is -2.15. The van der Waals surface area contributed by atoms with Gasteiger partial charge in [0.2, 0.25) is 5.24 Å².